The number of hydrogen-bond donors (Lipinski definition) is 0. The van der Waals surface area contributed by atoms with Crippen LogP contribution in [0.15, 0.2) is 0 Å². The van der Waals surface area contributed by atoms with Gasteiger partial charge >= 0.3 is 0 Å². The van der Waals surface area contributed by atoms with Crippen LogP contribution >= 0.6 is 0 Å². The molecule has 0 nitrogen and oxygen atoms in total. The molecule has 0 heterocycles. The highest BCUT2D eigenvalue weighted by Crippen LogP contribution is 2.50. The quantitative estimate of drug-likeness (QED) is 0.522. The van der Waals surface area contributed by atoms with Gasteiger partial charge in [0.1, 0.15) is 0 Å². The third-order valence-electron chi connectivity index (χ3n) is 3.65. The van der Waals surface area contributed by atoms with Crippen LogP contribution in [-0.4, -0.2) is 0 Å². The molecule has 2 rings (SSSR count). The van der Waals surface area contributed by atoms with Crippen molar-refractivity contribution in [1.82, 2.24) is 0 Å². The molecule has 0 radical (unpaired) electrons. The lowest BCUT2D eigenvalue weighted by atomic mass is 9.81. The van der Waals surface area contributed by atoms with Crippen molar-refractivity contribution in [2.24, 2.45) is 23.7 Å². The summed E-state index contributed by atoms with van der Waals surface area (Å²) in [6.07, 6.45) is 6.23. The van der Waals surface area contributed by atoms with Gasteiger partial charge < -0.3 is 0 Å². The first-order valence-corrected chi connectivity index (χ1v) is 4.77. The van der Waals surface area contributed by atoms with Gasteiger partial charge in [0.05, 0.1) is 0 Å². The van der Waals surface area contributed by atoms with Gasteiger partial charge in [0.2, 0.25) is 0 Å². The first-order chi connectivity index (χ1) is 4.77. The van der Waals surface area contributed by atoms with E-state index in [9.17, 15) is 0 Å². The summed E-state index contributed by atoms with van der Waals surface area (Å²) in [5, 5.41) is 0. The molecule has 2 aliphatic rings. The zero-order chi connectivity index (χ0) is 7.14. The van der Waals surface area contributed by atoms with Crippen LogP contribution < -0.4 is 0 Å². The maximum Gasteiger partial charge on any atom is -0.0360 e. The van der Waals surface area contributed by atoms with Crippen molar-refractivity contribution in [3.05, 3.63) is 0 Å². The monoisotopic (exact) mass is 138 g/mol. The number of fused-ring (bicyclic) bond motifs is 2. The predicted molar refractivity (Wildman–Crippen MR) is 43.8 cm³/mol. The van der Waals surface area contributed by atoms with Gasteiger partial charge in [-0.05, 0) is 42.9 Å². The van der Waals surface area contributed by atoms with Gasteiger partial charge in [0.15, 0.2) is 0 Å². The molecule has 2 bridgehead atoms. The molecular formula is C10H18. The highest BCUT2D eigenvalue weighted by Gasteiger charge is 2.40. The molecule has 0 amide bonds. The van der Waals surface area contributed by atoms with E-state index in [1.54, 1.807) is 25.7 Å². The molecule has 2 saturated carbocycles. The van der Waals surface area contributed by atoms with E-state index in [1.165, 1.54) is 0 Å². The summed E-state index contributed by atoms with van der Waals surface area (Å²) in [6.45, 7) is 4.79. The lowest BCUT2D eigenvalue weighted by Gasteiger charge is -2.24. The second kappa shape index (κ2) is 2.25. The third-order valence-corrected chi connectivity index (χ3v) is 3.65. The fourth-order valence-corrected chi connectivity index (χ4v) is 3.11. The molecule has 3 atom stereocenters. The second-order valence-electron chi connectivity index (χ2n) is 4.58. The Morgan fingerprint density at radius 2 is 1.90 bits per heavy atom. The average Bonchev–Trinajstić information content (AvgIpc) is 2.44. The van der Waals surface area contributed by atoms with Gasteiger partial charge in [-0.15, -0.1) is 0 Å². The predicted octanol–water partition coefficient (Wildman–Crippen LogP) is 3.08. The first kappa shape index (κ1) is 6.69. The van der Waals surface area contributed by atoms with Crippen LogP contribution in [0.5, 0.6) is 0 Å². The van der Waals surface area contributed by atoms with E-state index in [0.29, 0.717) is 0 Å². The van der Waals surface area contributed by atoms with E-state index in [4.69, 9.17) is 0 Å². The van der Waals surface area contributed by atoms with Crippen molar-refractivity contribution in [3.8, 4) is 0 Å². The standard InChI is InChI=1S/C10H18/c1-7(2)10-6-8-3-4-9(10)5-8/h7-10H,3-6H2,1-2H3/t8-,9+,10+/m0/s1. The van der Waals surface area contributed by atoms with E-state index in [1.807, 2.05) is 0 Å². The van der Waals surface area contributed by atoms with Gasteiger partial charge in [-0.2, -0.15) is 0 Å². The van der Waals surface area contributed by atoms with Gasteiger partial charge in [0, 0.05) is 0 Å². The van der Waals surface area contributed by atoms with E-state index in [2.05, 4.69) is 13.8 Å². The van der Waals surface area contributed by atoms with Gasteiger partial charge in [-0.25, -0.2) is 0 Å². The molecule has 2 fully saturated rings. The molecule has 10 heavy (non-hydrogen) atoms. The summed E-state index contributed by atoms with van der Waals surface area (Å²) in [4.78, 5) is 0. The van der Waals surface area contributed by atoms with Crippen LogP contribution in [-0.2, 0) is 0 Å². The molecule has 0 unspecified atom stereocenters. The van der Waals surface area contributed by atoms with Crippen LogP contribution in [0.25, 0.3) is 0 Å². The Balaban J connectivity index is 2.02. The maximum absolute atomic E-state index is 2.39. The van der Waals surface area contributed by atoms with Crippen LogP contribution in [0.1, 0.15) is 39.5 Å². The lowest BCUT2D eigenvalue weighted by Crippen LogP contribution is -2.15. The van der Waals surface area contributed by atoms with Crippen molar-refractivity contribution in [1.29, 1.82) is 0 Å². The van der Waals surface area contributed by atoms with Crippen LogP contribution in [0.3, 0.4) is 0 Å². The van der Waals surface area contributed by atoms with Crippen molar-refractivity contribution in [2.45, 2.75) is 39.5 Å². The first-order valence-electron chi connectivity index (χ1n) is 4.77. The molecule has 0 aliphatic heterocycles. The largest absolute Gasteiger partial charge is 0.0625 e. The van der Waals surface area contributed by atoms with Crippen LogP contribution in [0.4, 0.5) is 0 Å². The van der Waals surface area contributed by atoms with Crippen LogP contribution in [0.2, 0.25) is 0 Å². The molecule has 58 valence electrons. The molecule has 0 aromatic carbocycles. The highest BCUT2D eigenvalue weighted by molar-refractivity contribution is 4.90. The molecule has 0 heteroatoms. The molecule has 0 aromatic rings. The lowest BCUT2D eigenvalue weighted by molar-refractivity contribution is 0.256. The maximum atomic E-state index is 2.39. The molecule has 0 N–H and O–H groups in total. The summed E-state index contributed by atoms with van der Waals surface area (Å²) in [5.41, 5.74) is 0. The van der Waals surface area contributed by atoms with E-state index in [-0.39, 0.29) is 0 Å². The van der Waals surface area contributed by atoms with Gasteiger partial charge in [0.25, 0.3) is 0 Å². The fraction of sp³-hybridized carbons (Fsp3) is 1.00. The van der Waals surface area contributed by atoms with E-state index in [0.717, 1.165) is 23.7 Å². The summed E-state index contributed by atoms with van der Waals surface area (Å²) >= 11 is 0. The zero-order valence-electron chi connectivity index (χ0n) is 7.14. The molecule has 0 aromatic heterocycles. The van der Waals surface area contributed by atoms with Crippen LogP contribution in [0, 0.1) is 23.7 Å². The Labute approximate surface area is 64.0 Å². The number of hydrogen-bond acceptors (Lipinski definition) is 0. The molecule has 2 aliphatic carbocycles. The number of rotatable bonds is 1. The van der Waals surface area contributed by atoms with Gasteiger partial charge in [-0.3, -0.25) is 0 Å². The molecule has 0 saturated heterocycles. The smallest absolute Gasteiger partial charge is 0.0360 e. The summed E-state index contributed by atoms with van der Waals surface area (Å²) in [6, 6.07) is 0. The normalized spacial score (nSPS) is 45.3. The third kappa shape index (κ3) is 0.889. The fourth-order valence-electron chi connectivity index (χ4n) is 3.11. The second-order valence-corrected chi connectivity index (χ2v) is 4.58. The molecular weight excluding hydrogens is 120 g/mol. The van der Waals surface area contributed by atoms with Crippen molar-refractivity contribution >= 4 is 0 Å². The van der Waals surface area contributed by atoms with E-state index < -0.39 is 0 Å². The SMILES string of the molecule is CC(C)[C@H]1C[C@H]2CC[C@@H]1C2. The van der Waals surface area contributed by atoms with E-state index >= 15 is 0 Å². The van der Waals surface area contributed by atoms with Crippen molar-refractivity contribution < 1.29 is 0 Å². The van der Waals surface area contributed by atoms with Crippen molar-refractivity contribution in [2.75, 3.05) is 0 Å². The summed E-state index contributed by atoms with van der Waals surface area (Å²) < 4.78 is 0. The highest BCUT2D eigenvalue weighted by atomic mass is 14.5. The molecule has 0 spiro atoms. The Kier molecular flexibility index (Phi) is 1.51. The topological polar surface area (TPSA) is 0 Å². The summed E-state index contributed by atoms with van der Waals surface area (Å²) in [5.74, 6) is 4.32. The Morgan fingerprint density at radius 3 is 2.20 bits per heavy atom. The van der Waals surface area contributed by atoms with Crippen molar-refractivity contribution in [3.63, 3.8) is 0 Å². The minimum absolute atomic E-state index is 0.954. The summed E-state index contributed by atoms with van der Waals surface area (Å²) in [7, 11) is 0. The minimum atomic E-state index is 0.954. The Hall–Kier alpha value is 0. The Bertz CT molecular complexity index is 126. The Morgan fingerprint density at radius 1 is 1.10 bits per heavy atom. The average molecular weight is 138 g/mol. The van der Waals surface area contributed by atoms with Gasteiger partial charge in [-0.1, -0.05) is 20.3 Å². The minimum Gasteiger partial charge on any atom is -0.0625 e. The zero-order valence-corrected chi connectivity index (χ0v) is 7.14.